The van der Waals surface area contributed by atoms with Crippen molar-refractivity contribution in [2.75, 3.05) is 5.73 Å². The van der Waals surface area contributed by atoms with E-state index < -0.39 is 0 Å². The second kappa shape index (κ2) is 4.80. The lowest BCUT2D eigenvalue weighted by Gasteiger charge is -2.07. The van der Waals surface area contributed by atoms with Crippen LogP contribution in [-0.2, 0) is 13.5 Å². The smallest absolute Gasteiger partial charge is 0.131 e. The Bertz CT molecular complexity index is 558. The van der Waals surface area contributed by atoms with Crippen molar-refractivity contribution in [3.05, 3.63) is 35.8 Å². The molecule has 0 amide bonds. The summed E-state index contributed by atoms with van der Waals surface area (Å²) in [5.74, 6) is 0.697. The first-order valence-corrected chi connectivity index (χ1v) is 6.07. The fraction of sp³-hybridized carbons (Fsp3) is 0.357. The quantitative estimate of drug-likeness (QED) is 0.906. The van der Waals surface area contributed by atoms with Crippen LogP contribution in [0.15, 0.2) is 24.3 Å². The molecule has 1 aromatic carbocycles. The van der Waals surface area contributed by atoms with Crippen molar-refractivity contribution in [3.8, 4) is 11.1 Å². The highest BCUT2D eigenvalue weighted by molar-refractivity contribution is 5.77. The minimum atomic E-state index is -0.262. The minimum Gasteiger partial charge on any atom is -0.383 e. The van der Waals surface area contributed by atoms with Gasteiger partial charge < -0.3 is 5.73 Å². The molecule has 18 heavy (non-hydrogen) atoms. The normalized spacial score (nSPS) is 11.2. The van der Waals surface area contributed by atoms with Gasteiger partial charge in [0.15, 0.2) is 0 Å². The van der Waals surface area contributed by atoms with E-state index in [1.54, 1.807) is 23.9 Å². The SMILES string of the molecule is CC(C)Cc1nn(C)c(N)c1-c1ccccc1F. The highest BCUT2D eigenvalue weighted by atomic mass is 19.1. The lowest BCUT2D eigenvalue weighted by Crippen LogP contribution is -1.98. The highest BCUT2D eigenvalue weighted by Crippen LogP contribution is 2.32. The zero-order valence-corrected chi connectivity index (χ0v) is 10.9. The molecular formula is C14H18FN3. The van der Waals surface area contributed by atoms with Crippen LogP contribution in [0.4, 0.5) is 10.2 Å². The van der Waals surface area contributed by atoms with Crippen LogP contribution in [0.1, 0.15) is 19.5 Å². The zero-order valence-electron chi connectivity index (χ0n) is 10.9. The van der Waals surface area contributed by atoms with Gasteiger partial charge in [0.2, 0.25) is 0 Å². The molecule has 0 unspecified atom stereocenters. The third-order valence-corrected chi connectivity index (χ3v) is 2.91. The summed E-state index contributed by atoms with van der Waals surface area (Å²) in [7, 11) is 1.78. The molecule has 1 aromatic heterocycles. The van der Waals surface area contributed by atoms with Crippen LogP contribution in [0.25, 0.3) is 11.1 Å². The fourth-order valence-corrected chi connectivity index (χ4v) is 2.08. The number of aromatic nitrogens is 2. The maximum absolute atomic E-state index is 13.9. The molecule has 4 heteroatoms. The van der Waals surface area contributed by atoms with E-state index in [4.69, 9.17) is 5.73 Å². The van der Waals surface area contributed by atoms with Crippen molar-refractivity contribution < 1.29 is 4.39 Å². The summed E-state index contributed by atoms with van der Waals surface area (Å²) < 4.78 is 15.5. The van der Waals surface area contributed by atoms with E-state index in [0.29, 0.717) is 17.3 Å². The Morgan fingerprint density at radius 3 is 2.61 bits per heavy atom. The molecule has 0 saturated carbocycles. The molecule has 3 nitrogen and oxygen atoms in total. The number of nitrogen functional groups attached to an aromatic ring is 1. The van der Waals surface area contributed by atoms with Gasteiger partial charge in [0.05, 0.1) is 5.69 Å². The van der Waals surface area contributed by atoms with Crippen molar-refractivity contribution in [2.24, 2.45) is 13.0 Å². The minimum absolute atomic E-state index is 0.262. The van der Waals surface area contributed by atoms with E-state index >= 15 is 0 Å². The number of benzene rings is 1. The average molecular weight is 247 g/mol. The summed E-state index contributed by atoms with van der Waals surface area (Å²) in [6.07, 6.45) is 0.786. The molecule has 0 aliphatic heterocycles. The Balaban J connectivity index is 2.59. The van der Waals surface area contributed by atoms with E-state index in [9.17, 15) is 4.39 Å². The summed E-state index contributed by atoms with van der Waals surface area (Å²) in [4.78, 5) is 0. The number of nitrogens with zero attached hydrogens (tertiary/aromatic N) is 2. The van der Waals surface area contributed by atoms with Crippen molar-refractivity contribution in [1.29, 1.82) is 0 Å². The molecule has 0 spiro atoms. The summed E-state index contributed by atoms with van der Waals surface area (Å²) >= 11 is 0. The average Bonchev–Trinajstić information content (AvgIpc) is 2.55. The van der Waals surface area contributed by atoms with E-state index in [0.717, 1.165) is 17.7 Å². The van der Waals surface area contributed by atoms with Crippen LogP contribution in [0.2, 0.25) is 0 Å². The number of halogens is 1. The Labute approximate surface area is 106 Å². The number of hydrogen-bond acceptors (Lipinski definition) is 2. The molecular weight excluding hydrogens is 229 g/mol. The molecule has 96 valence electrons. The number of hydrogen-bond donors (Lipinski definition) is 1. The molecule has 0 bridgehead atoms. The van der Waals surface area contributed by atoms with Gasteiger partial charge in [-0.2, -0.15) is 5.10 Å². The summed E-state index contributed by atoms with van der Waals surface area (Å²) in [5.41, 5.74) is 8.12. The Morgan fingerprint density at radius 1 is 1.33 bits per heavy atom. The third kappa shape index (κ3) is 2.23. The van der Waals surface area contributed by atoms with Crippen molar-refractivity contribution in [1.82, 2.24) is 9.78 Å². The zero-order chi connectivity index (χ0) is 13.3. The molecule has 1 heterocycles. The van der Waals surface area contributed by atoms with Gasteiger partial charge >= 0.3 is 0 Å². The molecule has 0 aliphatic carbocycles. The Morgan fingerprint density at radius 2 is 2.00 bits per heavy atom. The highest BCUT2D eigenvalue weighted by Gasteiger charge is 2.18. The Hall–Kier alpha value is -1.84. The molecule has 0 saturated heterocycles. The first kappa shape index (κ1) is 12.6. The van der Waals surface area contributed by atoms with Crippen LogP contribution < -0.4 is 5.73 Å². The lowest BCUT2D eigenvalue weighted by atomic mass is 9.99. The van der Waals surface area contributed by atoms with Gasteiger partial charge in [0.1, 0.15) is 11.6 Å². The summed E-state index contributed by atoms with van der Waals surface area (Å²) in [5, 5.41) is 4.39. The van der Waals surface area contributed by atoms with E-state index in [-0.39, 0.29) is 5.82 Å². The molecule has 2 N–H and O–H groups in total. The topological polar surface area (TPSA) is 43.8 Å². The van der Waals surface area contributed by atoms with Gasteiger partial charge in [0, 0.05) is 18.2 Å². The van der Waals surface area contributed by atoms with Crippen molar-refractivity contribution in [3.63, 3.8) is 0 Å². The van der Waals surface area contributed by atoms with Crippen LogP contribution in [0, 0.1) is 11.7 Å². The first-order chi connectivity index (χ1) is 8.50. The van der Waals surface area contributed by atoms with Crippen molar-refractivity contribution >= 4 is 5.82 Å². The van der Waals surface area contributed by atoms with E-state index in [1.807, 2.05) is 6.07 Å². The first-order valence-electron chi connectivity index (χ1n) is 6.07. The van der Waals surface area contributed by atoms with Crippen molar-refractivity contribution in [2.45, 2.75) is 20.3 Å². The summed E-state index contributed by atoms with van der Waals surface area (Å²) in [6, 6.07) is 6.67. The van der Waals surface area contributed by atoms with Crippen LogP contribution in [0.3, 0.4) is 0 Å². The number of aryl methyl sites for hydroxylation is 1. The van der Waals surface area contributed by atoms with Gasteiger partial charge in [-0.3, -0.25) is 4.68 Å². The molecule has 0 aliphatic rings. The number of nitrogens with two attached hydrogens (primary N) is 1. The van der Waals surface area contributed by atoms with Crippen LogP contribution in [0.5, 0.6) is 0 Å². The van der Waals surface area contributed by atoms with Crippen LogP contribution in [-0.4, -0.2) is 9.78 Å². The van der Waals surface area contributed by atoms with Gasteiger partial charge in [-0.15, -0.1) is 0 Å². The number of rotatable bonds is 3. The van der Waals surface area contributed by atoms with Gasteiger partial charge in [-0.05, 0) is 18.4 Å². The van der Waals surface area contributed by atoms with Gasteiger partial charge in [-0.25, -0.2) is 4.39 Å². The molecule has 2 aromatic rings. The maximum atomic E-state index is 13.9. The standard InChI is InChI=1S/C14H18FN3/c1-9(2)8-12-13(14(16)18(3)17-12)10-6-4-5-7-11(10)15/h4-7,9H,8,16H2,1-3H3. The molecule has 0 atom stereocenters. The predicted molar refractivity (Wildman–Crippen MR) is 71.6 cm³/mol. The second-order valence-electron chi connectivity index (χ2n) is 4.91. The van der Waals surface area contributed by atoms with Gasteiger partial charge in [-0.1, -0.05) is 32.0 Å². The fourth-order valence-electron chi connectivity index (χ4n) is 2.08. The lowest BCUT2D eigenvalue weighted by molar-refractivity contribution is 0.618. The maximum Gasteiger partial charge on any atom is 0.131 e. The monoisotopic (exact) mass is 247 g/mol. The Kier molecular flexibility index (Phi) is 3.36. The predicted octanol–water partition coefficient (Wildman–Crippen LogP) is 3.01. The number of anilines is 1. The van der Waals surface area contributed by atoms with E-state index in [1.165, 1.54) is 6.07 Å². The summed E-state index contributed by atoms with van der Waals surface area (Å²) in [6.45, 7) is 4.21. The largest absolute Gasteiger partial charge is 0.383 e. The van der Waals surface area contributed by atoms with E-state index in [2.05, 4.69) is 18.9 Å². The van der Waals surface area contributed by atoms with Crippen LogP contribution >= 0.6 is 0 Å². The van der Waals surface area contributed by atoms with Gasteiger partial charge in [0.25, 0.3) is 0 Å². The molecule has 2 rings (SSSR count). The second-order valence-corrected chi connectivity index (χ2v) is 4.91. The third-order valence-electron chi connectivity index (χ3n) is 2.91. The molecule has 0 radical (unpaired) electrons. The molecule has 0 fully saturated rings.